The summed E-state index contributed by atoms with van der Waals surface area (Å²) in [7, 11) is -4.55. The molecule has 0 bridgehead atoms. The summed E-state index contributed by atoms with van der Waals surface area (Å²) < 4.78 is 77.6. The first kappa shape index (κ1) is 35.0. The molecule has 4 aromatic rings. The highest BCUT2D eigenvalue weighted by molar-refractivity contribution is 7.52. The average Bonchev–Trinajstić information content (AvgIpc) is 3.53. The van der Waals surface area contributed by atoms with E-state index in [0.29, 0.717) is 0 Å². The Labute approximate surface area is 270 Å². The van der Waals surface area contributed by atoms with E-state index in [1.165, 1.54) is 42.7 Å². The van der Waals surface area contributed by atoms with E-state index < -0.39 is 74.3 Å². The number of aliphatic hydroxyl groups excluding tert-OH is 1. The summed E-state index contributed by atoms with van der Waals surface area (Å²) in [6, 6.07) is 9.42. The molecular formula is C29H32F3N6O9P. The predicted octanol–water partition coefficient (Wildman–Crippen LogP) is 2.96. The van der Waals surface area contributed by atoms with Gasteiger partial charge in [0, 0.05) is 5.56 Å². The zero-order valence-corrected chi connectivity index (χ0v) is 26.6. The molecule has 4 unspecified atom stereocenters. The second-order valence-electron chi connectivity index (χ2n) is 11.3. The maximum Gasteiger partial charge on any atom is 0.459 e. The fourth-order valence-electron chi connectivity index (χ4n) is 4.98. The van der Waals surface area contributed by atoms with Crippen LogP contribution in [0.25, 0.3) is 11.2 Å². The van der Waals surface area contributed by atoms with E-state index in [0.717, 1.165) is 24.0 Å². The van der Waals surface area contributed by atoms with Crippen molar-refractivity contribution in [1.29, 1.82) is 0 Å². The van der Waals surface area contributed by atoms with E-state index in [9.17, 15) is 37.5 Å². The van der Waals surface area contributed by atoms with Gasteiger partial charge in [-0.15, -0.1) is 0 Å². The zero-order valence-electron chi connectivity index (χ0n) is 25.7. The number of esters is 1. The lowest BCUT2D eigenvalue weighted by atomic mass is 9.96. The van der Waals surface area contributed by atoms with Gasteiger partial charge in [0.25, 0.3) is 5.56 Å². The van der Waals surface area contributed by atoms with Gasteiger partial charge < -0.3 is 29.9 Å². The van der Waals surface area contributed by atoms with Crippen LogP contribution in [-0.4, -0.2) is 66.2 Å². The Hall–Kier alpha value is -4.32. The fraction of sp³-hybridized carbons (Fsp3) is 0.379. The second kappa shape index (κ2) is 13.3. The number of nitrogens with two attached hydrogens (primary N) is 1. The number of anilines is 1. The number of nitrogen functional groups attached to an aromatic ring is 1. The number of fused-ring (bicyclic) bond motifs is 1. The maximum atomic E-state index is 14.0. The van der Waals surface area contributed by atoms with Crippen molar-refractivity contribution < 1.29 is 51.3 Å². The lowest BCUT2D eigenvalue weighted by Gasteiger charge is -2.27. The Morgan fingerprint density at radius 3 is 2.62 bits per heavy atom. The number of aromatic nitrogens is 4. The van der Waals surface area contributed by atoms with Crippen LogP contribution in [0.3, 0.4) is 0 Å². The van der Waals surface area contributed by atoms with Crippen LogP contribution in [-0.2, 0) is 36.1 Å². The number of carbonyl (C=O) groups excluding carboxylic acids is 1. The molecule has 0 amide bonds. The van der Waals surface area contributed by atoms with Crippen molar-refractivity contribution in [3.63, 3.8) is 0 Å². The number of carbonyl (C=O) groups is 1. The molecule has 1 aliphatic heterocycles. The summed E-state index contributed by atoms with van der Waals surface area (Å²) in [5, 5.41) is 24.6. The van der Waals surface area contributed by atoms with Crippen LogP contribution in [0, 0.1) is 6.92 Å². The molecule has 48 heavy (non-hydrogen) atoms. The number of hydrogen-bond acceptors (Lipinski definition) is 12. The number of nitrogens with one attached hydrogen (secondary N) is 2. The Bertz CT molecular complexity index is 1900. The van der Waals surface area contributed by atoms with E-state index in [2.05, 4.69) is 20.0 Å². The van der Waals surface area contributed by atoms with Crippen molar-refractivity contribution in [2.24, 2.45) is 0 Å². The van der Waals surface area contributed by atoms with Crippen molar-refractivity contribution in [3.05, 3.63) is 81.9 Å². The standard InChI is InChI=1S/C29H32F3N6O9P/c1-15-8-10-18(11-9-15)47-48(43,37-16(2)25(41)44-12-17-6-4-5-7-19(17)29(30,31)32)45-13-20-22(39)28(3,42)26(46-20)38-14-34-21-23(38)35-27(33)36-24(21)40/h4-11,14,16,20,22,26,39,42H,12-13H2,1-3H3,(H,37,43)(H3,33,35,36,40)/t16?,20?,22-,26?,28-,48?/m1/s1. The van der Waals surface area contributed by atoms with Crippen molar-refractivity contribution >= 4 is 30.8 Å². The molecule has 5 rings (SSSR count). The highest BCUT2D eigenvalue weighted by atomic mass is 31.2. The smallest absolute Gasteiger partial charge is 0.459 e. The molecule has 0 radical (unpaired) electrons. The molecule has 0 saturated carbocycles. The quantitative estimate of drug-likeness (QED) is 0.113. The monoisotopic (exact) mass is 696 g/mol. The van der Waals surface area contributed by atoms with Crippen molar-refractivity contribution in [2.45, 2.75) is 63.6 Å². The molecular weight excluding hydrogens is 664 g/mol. The van der Waals surface area contributed by atoms with Crippen LogP contribution in [0.1, 0.15) is 36.8 Å². The summed E-state index contributed by atoms with van der Waals surface area (Å²) in [6.45, 7) is 2.89. The van der Waals surface area contributed by atoms with Gasteiger partial charge >= 0.3 is 19.9 Å². The number of H-pyrrole nitrogens is 1. The lowest BCUT2D eigenvalue weighted by Crippen LogP contribution is -2.44. The van der Waals surface area contributed by atoms with Gasteiger partial charge in [0.2, 0.25) is 5.95 Å². The van der Waals surface area contributed by atoms with E-state index in [1.807, 2.05) is 0 Å². The van der Waals surface area contributed by atoms with E-state index in [1.54, 1.807) is 19.1 Å². The lowest BCUT2D eigenvalue weighted by molar-refractivity contribution is -0.149. The molecule has 0 spiro atoms. The van der Waals surface area contributed by atoms with Gasteiger partial charge in [0.15, 0.2) is 17.4 Å². The van der Waals surface area contributed by atoms with Gasteiger partial charge in [-0.3, -0.25) is 23.7 Å². The third-order valence-corrected chi connectivity index (χ3v) is 9.15. The van der Waals surface area contributed by atoms with E-state index in [4.69, 9.17) is 24.3 Å². The zero-order chi connectivity index (χ0) is 35.0. The number of imidazole rings is 1. The third-order valence-electron chi connectivity index (χ3n) is 7.51. The summed E-state index contributed by atoms with van der Waals surface area (Å²) in [5.41, 5.74) is 2.42. The van der Waals surface area contributed by atoms with Gasteiger partial charge in [-0.25, -0.2) is 9.55 Å². The first-order valence-electron chi connectivity index (χ1n) is 14.4. The Morgan fingerprint density at radius 2 is 1.94 bits per heavy atom. The molecule has 19 heteroatoms. The molecule has 1 aliphatic rings. The minimum absolute atomic E-state index is 0.0458. The number of alkyl halides is 3. The van der Waals surface area contributed by atoms with E-state index >= 15 is 0 Å². The molecule has 3 heterocycles. The molecule has 0 aliphatic carbocycles. The summed E-state index contributed by atoms with van der Waals surface area (Å²) >= 11 is 0. The average molecular weight is 697 g/mol. The van der Waals surface area contributed by atoms with Crippen molar-refractivity contribution in [3.8, 4) is 5.75 Å². The molecule has 1 fully saturated rings. The molecule has 1 saturated heterocycles. The van der Waals surface area contributed by atoms with Crippen molar-refractivity contribution in [2.75, 3.05) is 12.3 Å². The predicted molar refractivity (Wildman–Crippen MR) is 162 cm³/mol. The van der Waals surface area contributed by atoms with Crippen LogP contribution >= 0.6 is 7.75 Å². The van der Waals surface area contributed by atoms with Gasteiger partial charge in [-0.05, 0) is 39.0 Å². The first-order valence-corrected chi connectivity index (χ1v) is 15.9. The Morgan fingerprint density at radius 1 is 1.25 bits per heavy atom. The van der Waals surface area contributed by atoms with Crippen LogP contribution in [0.5, 0.6) is 5.75 Å². The molecule has 258 valence electrons. The molecule has 15 nitrogen and oxygen atoms in total. The van der Waals surface area contributed by atoms with Crippen molar-refractivity contribution in [1.82, 2.24) is 24.6 Å². The summed E-state index contributed by atoms with van der Waals surface area (Å²) in [6.07, 6.45) is -7.92. The third kappa shape index (κ3) is 7.38. The number of benzene rings is 2. The van der Waals surface area contributed by atoms with Crippen LogP contribution < -0.4 is 20.9 Å². The number of aryl methyl sites for hydroxylation is 1. The number of aromatic amines is 1. The van der Waals surface area contributed by atoms with Crippen LogP contribution in [0.4, 0.5) is 19.1 Å². The minimum atomic E-state index is -4.68. The summed E-state index contributed by atoms with van der Waals surface area (Å²) in [4.78, 5) is 35.4. The second-order valence-corrected chi connectivity index (χ2v) is 13.0. The number of hydrogen-bond donors (Lipinski definition) is 5. The largest absolute Gasteiger partial charge is 0.460 e. The number of rotatable bonds is 11. The van der Waals surface area contributed by atoms with Gasteiger partial charge in [0.1, 0.15) is 36.2 Å². The van der Waals surface area contributed by atoms with Gasteiger partial charge in [-0.1, -0.05) is 35.9 Å². The Balaban J connectivity index is 1.33. The van der Waals surface area contributed by atoms with Crippen LogP contribution in [0.15, 0.2) is 59.7 Å². The number of nitrogens with zero attached hydrogens (tertiary/aromatic N) is 3. The number of halogens is 3. The SMILES string of the molecule is Cc1ccc(OP(=O)(NC(C)C(=O)OCc2ccccc2C(F)(F)F)OCC2OC(n3cnc4c(=O)[nH]c(N)nc43)[C@](C)(O)[C@@H]2O)cc1. The Kier molecular flexibility index (Phi) is 9.69. The molecule has 6 atom stereocenters. The number of aliphatic hydroxyl groups is 2. The number of ether oxygens (including phenoxy) is 2. The van der Waals surface area contributed by atoms with Gasteiger partial charge in [0.05, 0.1) is 18.5 Å². The molecule has 6 N–H and O–H groups in total. The molecule has 2 aromatic carbocycles. The topological polar surface area (TPSA) is 213 Å². The molecule has 2 aromatic heterocycles. The minimum Gasteiger partial charge on any atom is -0.460 e. The maximum absolute atomic E-state index is 14.0. The first-order chi connectivity index (χ1) is 22.5. The highest BCUT2D eigenvalue weighted by Gasteiger charge is 2.54. The van der Waals surface area contributed by atoms with Crippen LogP contribution in [0.2, 0.25) is 0 Å². The normalized spacial score (nSPS) is 23.1. The fourth-order valence-corrected chi connectivity index (χ4v) is 6.48. The highest BCUT2D eigenvalue weighted by Crippen LogP contribution is 2.47. The van der Waals surface area contributed by atoms with E-state index in [-0.39, 0.29) is 28.4 Å². The van der Waals surface area contributed by atoms with Gasteiger partial charge in [-0.2, -0.15) is 23.2 Å². The summed E-state index contributed by atoms with van der Waals surface area (Å²) in [5.74, 6) is -1.24.